The van der Waals surface area contributed by atoms with E-state index in [0.717, 1.165) is 32.4 Å². The van der Waals surface area contributed by atoms with Crippen LogP contribution < -0.4 is 10.2 Å². The summed E-state index contributed by atoms with van der Waals surface area (Å²) < 4.78 is 0. The average molecular weight is 344 g/mol. The third-order valence-electron chi connectivity index (χ3n) is 5.70. The summed E-state index contributed by atoms with van der Waals surface area (Å²) in [6.07, 6.45) is 6.41. The van der Waals surface area contributed by atoms with Crippen LogP contribution in [0.5, 0.6) is 0 Å². The van der Waals surface area contributed by atoms with Gasteiger partial charge in [-0.3, -0.25) is 4.79 Å². The van der Waals surface area contributed by atoms with Crippen molar-refractivity contribution >= 4 is 11.6 Å². The molecule has 0 radical (unpaired) electrons. The monoisotopic (exact) mass is 343 g/mol. The van der Waals surface area contributed by atoms with Crippen LogP contribution >= 0.6 is 0 Å². The molecule has 1 aromatic carbocycles. The first kappa shape index (κ1) is 18.2. The van der Waals surface area contributed by atoms with Gasteiger partial charge in [-0.25, -0.2) is 0 Å². The Morgan fingerprint density at radius 1 is 1.04 bits per heavy atom. The first-order valence-corrected chi connectivity index (χ1v) is 10.1. The molecular weight excluding hydrogens is 310 g/mol. The van der Waals surface area contributed by atoms with E-state index in [1.165, 1.54) is 44.6 Å². The van der Waals surface area contributed by atoms with Crippen LogP contribution in [0.15, 0.2) is 30.3 Å². The highest BCUT2D eigenvalue weighted by Gasteiger charge is 2.24. The van der Waals surface area contributed by atoms with Crippen molar-refractivity contribution in [2.24, 2.45) is 5.92 Å². The first-order chi connectivity index (χ1) is 12.2. The predicted octanol–water partition coefficient (Wildman–Crippen LogP) is 3.28. The molecule has 0 aromatic heterocycles. The zero-order valence-corrected chi connectivity index (χ0v) is 15.6. The molecule has 1 N–H and O–H groups in total. The first-order valence-electron chi connectivity index (χ1n) is 10.1. The SMILES string of the molecule is CCCN1CCC(CC(=O)NC2CCN(c3ccccc3)CC2)CC1. The smallest absolute Gasteiger partial charge is 0.220 e. The normalized spacial score (nSPS) is 20.6. The van der Waals surface area contributed by atoms with Gasteiger partial charge in [-0.1, -0.05) is 25.1 Å². The lowest BCUT2D eigenvalue weighted by atomic mass is 9.92. The Morgan fingerprint density at radius 2 is 1.72 bits per heavy atom. The number of anilines is 1. The van der Waals surface area contributed by atoms with E-state index in [9.17, 15) is 4.79 Å². The van der Waals surface area contributed by atoms with Gasteiger partial charge in [0.2, 0.25) is 5.91 Å². The van der Waals surface area contributed by atoms with E-state index in [1.54, 1.807) is 0 Å². The number of rotatable bonds is 6. The number of carbonyl (C=O) groups is 1. The number of amides is 1. The van der Waals surface area contributed by atoms with E-state index in [0.29, 0.717) is 12.0 Å². The molecular formula is C21H33N3O. The fourth-order valence-corrected chi connectivity index (χ4v) is 4.20. The number of nitrogens with zero attached hydrogens (tertiary/aromatic N) is 2. The Labute approximate surface area is 152 Å². The highest BCUT2D eigenvalue weighted by atomic mass is 16.1. The summed E-state index contributed by atoms with van der Waals surface area (Å²) in [5.74, 6) is 0.851. The summed E-state index contributed by atoms with van der Waals surface area (Å²) in [5, 5.41) is 3.30. The minimum atomic E-state index is 0.270. The maximum atomic E-state index is 12.4. The molecule has 4 nitrogen and oxygen atoms in total. The average Bonchev–Trinajstić information content (AvgIpc) is 2.65. The summed E-state index contributed by atoms with van der Waals surface area (Å²) in [6.45, 7) is 7.85. The number of benzene rings is 1. The quantitative estimate of drug-likeness (QED) is 0.861. The second kappa shape index (κ2) is 9.23. The van der Waals surface area contributed by atoms with Gasteiger partial charge in [0.15, 0.2) is 0 Å². The lowest BCUT2D eigenvalue weighted by Crippen LogP contribution is -2.45. The van der Waals surface area contributed by atoms with Crippen molar-refractivity contribution in [3.05, 3.63) is 30.3 Å². The number of hydrogen-bond donors (Lipinski definition) is 1. The second-order valence-corrected chi connectivity index (χ2v) is 7.65. The van der Waals surface area contributed by atoms with Crippen LogP contribution in [0, 0.1) is 5.92 Å². The molecule has 0 saturated carbocycles. The van der Waals surface area contributed by atoms with Crippen LogP contribution in [0.25, 0.3) is 0 Å². The van der Waals surface area contributed by atoms with Gasteiger partial charge in [0, 0.05) is 31.2 Å². The number of hydrogen-bond acceptors (Lipinski definition) is 3. The molecule has 25 heavy (non-hydrogen) atoms. The van der Waals surface area contributed by atoms with Crippen molar-refractivity contribution < 1.29 is 4.79 Å². The maximum Gasteiger partial charge on any atom is 0.220 e. The molecule has 0 atom stereocenters. The van der Waals surface area contributed by atoms with Crippen LogP contribution in [0.1, 0.15) is 45.4 Å². The van der Waals surface area contributed by atoms with Gasteiger partial charge in [-0.15, -0.1) is 0 Å². The molecule has 1 aromatic rings. The predicted molar refractivity (Wildman–Crippen MR) is 104 cm³/mol. The summed E-state index contributed by atoms with van der Waals surface area (Å²) >= 11 is 0. The number of para-hydroxylation sites is 1. The van der Waals surface area contributed by atoms with E-state index < -0.39 is 0 Å². The Kier molecular flexibility index (Phi) is 6.74. The lowest BCUT2D eigenvalue weighted by Gasteiger charge is -2.35. The van der Waals surface area contributed by atoms with Crippen molar-refractivity contribution in [2.45, 2.75) is 51.5 Å². The zero-order chi connectivity index (χ0) is 17.5. The van der Waals surface area contributed by atoms with Crippen LogP contribution in [0.2, 0.25) is 0 Å². The minimum Gasteiger partial charge on any atom is -0.371 e. The molecule has 2 aliphatic heterocycles. The Bertz CT molecular complexity index is 517. The minimum absolute atomic E-state index is 0.270. The number of nitrogens with one attached hydrogen (secondary N) is 1. The van der Waals surface area contributed by atoms with E-state index in [4.69, 9.17) is 0 Å². The number of carbonyl (C=O) groups excluding carboxylic acids is 1. The van der Waals surface area contributed by atoms with E-state index in [-0.39, 0.29) is 5.91 Å². The van der Waals surface area contributed by atoms with Crippen LogP contribution in [0.3, 0.4) is 0 Å². The van der Waals surface area contributed by atoms with Crippen LogP contribution in [-0.4, -0.2) is 49.6 Å². The molecule has 0 bridgehead atoms. The largest absolute Gasteiger partial charge is 0.371 e. The van der Waals surface area contributed by atoms with Crippen molar-refractivity contribution in [3.8, 4) is 0 Å². The molecule has 4 heteroatoms. The molecule has 2 heterocycles. The van der Waals surface area contributed by atoms with Crippen molar-refractivity contribution in [2.75, 3.05) is 37.6 Å². The number of piperidine rings is 2. The van der Waals surface area contributed by atoms with Gasteiger partial charge < -0.3 is 15.1 Å². The van der Waals surface area contributed by atoms with Gasteiger partial charge in [0.25, 0.3) is 0 Å². The van der Waals surface area contributed by atoms with Crippen molar-refractivity contribution in [1.82, 2.24) is 10.2 Å². The Hall–Kier alpha value is -1.55. The number of likely N-dealkylation sites (tertiary alicyclic amines) is 1. The molecule has 0 spiro atoms. The van der Waals surface area contributed by atoms with E-state index in [2.05, 4.69) is 52.4 Å². The summed E-state index contributed by atoms with van der Waals surface area (Å²) in [5.41, 5.74) is 1.30. The Morgan fingerprint density at radius 3 is 2.36 bits per heavy atom. The van der Waals surface area contributed by atoms with Gasteiger partial charge in [-0.05, 0) is 69.8 Å². The van der Waals surface area contributed by atoms with Crippen LogP contribution in [0.4, 0.5) is 5.69 Å². The van der Waals surface area contributed by atoms with Gasteiger partial charge in [0.05, 0.1) is 0 Å². The Balaban J connectivity index is 1.36. The summed E-state index contributed by atoms with van der Waals surface area (Å²) in [6, 6.07) is 10.9. The topological polar surface area (TPSA) is 35.6 Å². The molecule has 2 fully saturated rings. The third-order valence-corrected chi connectivity index (χ3v) is 5.70. The highest BCUT2D eigenvalue weighted by molar-refractivity contribution is 5.76. The summed E-state index contributed by atoms with van der Waals surface area (Å²) in [4.78, 5) is 17.4. The highest BCUT2D eigenvalue weighted by Crippen LogP contribution is 2.22. The second-order valence-electron chi connectivity index (χ2n) is 7.65. The van der Waals surface area contributed by atoms with Crippen molar-refractivity contribution in [1.29, 1.82) is 0 Å². The molecule has 2 saturated heterocycles. The van der Waals surface area contributed by atoms with Gasteiger partial charge >= 0.3 is 0 Å². The molecule has 138 valence electrons. The fourth-order valence-electron chi connectivity index (χ4n) is 4.20. The standard InChI is InChI=1S/C21H33N3O/c1-2-12-23-13-8-18(9-14-23)17-21(25)22-19-10-15-24(16-11-19)20-6-4-3-5-7-20/h3-7,18-19H,2,8-17H2,1H3,(H,22,25). The molecule has 3 rings (SSSR count). The fraction of sp³-hybridized carbons (Fsp3) is 0.667. The van der Waals surface area contributed by atoms with Crippen molar-refractivity contribution in [3.63, 3.8) is 0 Å². The van der Waals surface area contributed by atoms with E-state index >= 15 is 0 Å². The molecule has 2 aliphatic rings. The molecule has 0 aliphatic carbocycles. The molecule has 1 amide bonds. The zero-order valence-electron chi connectivity index (χ0n) is 15.6. The maximum absolute atomic E-state index is 12.4. The molecule has 0 unspecified atom stereocenters. The third kappa shape index (κ3) is 5.46. The lowest BCUT2D eigenvalue weighted by molar-refractivity contribution is -0.123. The van der Waals surface area contributed by atoms with E-state index in [1.807, 2.05) is 0 Å². The summed E-state index contributed by atoms with van der Waals surface area (Å²) in [7, 11) is 0. The van der Waals surface area contributed by atoms with Gasteiger partial charge in [-0.2, -0.15) is 0 Å². The van der Waals surface area contributed by atoms with Crippen LogP contribution in [-0.2, 0) is 4.79 Å². The van der Waals surface area contributed by atoms with Gasteiger partial charge in [0.1, 0.15) is 0 Å².